The van der Waals surface area contributed by atoms with Crippen LogP contribution >= 0.6 is 0 Å². The number of rotatable bonds is 4. The van der Waals surface area contributed by atoms with Crippen LogP contribution in [0.25, 0.3) is 0 Å². The molecule has 0 aliphatic heterocycles. The fourth-order valence-electron chi connectivity index (χ4n) is 1.54. The van der Waals surface area contributed by atoms with Crippen LogP contribution in [0.4, 0.5) is 0 Å². The highest BCUT2D eigenvalue weighted by molar-refractivity contribution is 5.80. The van der Waals surface area contributed by atoms with E-state index < -0.39 is 12.0 Å². The molecule has 3 N–H and O–H groups in total. The number of carbonyl (C=O) groups excluding carboxylic acids is 1. The van der Waals surface area contributed by atoms with Crippen molar-refractivity contribution in [2.45, 2.75) is 6.10 Å². The molecular weight excluding hydrogens is 230 g/mol. The monoisotopic (exact) mass is 243 g/mol. The number of primary amides is 1. The summed E-state index contributed by atoms with van der Waals surface area (Å²) in [7, 11) is 0. The fraction of sp³-hybridized carbons (Fsp3) is 0.0714. The van der Waals surface area contributed by atoms with Crippen molar-refractivity contribution in [3.8, 4) is 11.5 Å². The van der Waals surface area contributed by atoms with Crippen LogP contribution in [0.3, 0.4) is 0 Å². The predicted molar refractivity (Wildman–Crippen MR) is 67.1 cm³/mol. The molecular formula is C14H13NO3. The Morgan fingerprint density at radius 1 is 1.06 bits per heavy atom. The van der Waals surface area contributed by atoms with Gasteiger partial charge >= 0.3 is 0 Å². The van der Waals surface area contributed by atoms with Crippen LogP contribution in [0.1, 0.15) is 11.7 Å². The first kappa shape index (κ1) is 12.1. The standard InChI is InChI=1S/C14H13NO3/c15-14(17)13(16)10-5-4-8-12(9-10)18-11-6-2-1-3-7-11/h1-9,13,16H,(H2,15,17)/t13-/m1/s1. The van der Waals surface area contributed by atoms with Crippen molar-refractivity contribution in [2.75, 3.05) is 0 Å². The third kappa shape index (κ3) is 2.87. The van der Waals surface area contributed by atoms with Gasteiger partial charge in [0, 0.05) is 0 Å². The number of para-hydroxylation sites is 1. The molecule has 0 heterocycles. The van der Waals surface area contributed by atoms with Crippen LogP contribution in [-0.2, 0) is 4.79 Å². The van der Waals surface area contributed by atoms with Crippen LogP contribution in [0.2, 0.25) is 0 Å². The second-order valence-corrected chi connectivity index (χ2v) is 3.79. The number of nitrogens with two attached hydrogens (primary N) is 1. The van der Waals surface area contributed by atoms with Crippen molar-refractivity contribution in [1.29, 1.82) is 0 Å². The SMILES string of the molecule is NC(=O)[C@H](O)c1cccc(Oc2ccccc2)c1. The number of hydrogen-bond donors (Lipinski definition) is 2. The molecule has 0 aliphatic carbocycles. The van der Waals surface area contributed by atoms with Crippen molar-refractivity contribution in [3.63, 3.8) is 0 Å². The van der Waals surface area contributed by atoms with Gasteiger partial charge in [0.2, 0.25) is 0 Å². The number of benzene rings is 2. The lowest BCUT2D eigenvalue weighted by molar-refractivity contribution is -0.126. The molecule has 92 valence electrons. The molecule has 0 bridgehead atoms. The second-order valence-electron chi connectivity index (χ2n) is 3.79. The van der Waals surface area contributed by atoms with Gasteiger partial charge in [-0.1, -0.05) is 30.3 Å². The summed E-state index contributed by atoms with van der Waals surface area (Å²) >= 11 is 0. The van der Waals surface area contributed by atoms with Gasteiger partial charge in [-0.25, -0.2) is 0 Å². The van der Waals surface area contributed by atoms with E-state index in [1.165, 1.54) is 0 Å². The summed E-state index contributed by atoms with van der Waals surface area (Å²) in [6.07, 6.45) is -1.32. The van der Waals surface area contributed by atoms with E-state index in [4.69, 9.17) is 10.5 Å². The van der Waals surface area contributed by atoms with Gasteiger partial charge in [0.1, 0.15) is 11.5 Å². The minimum Gasteiger partial charge on any atom is -0.457 e. The smallest absolute Gasteiger partial charge is 0.250 e. The van der Waals surface area contributed by atoms with Crippen molar-refractivity contribution in [3.05, 3.63) is 60.2 Å². The Kier molecular flexibility index (Phi) is 3.60. The van der Waals surface area contributed by atoms with Crippen LogP contribution in [0.15, 0.2) is 54.6 Å². The Hall–Kier alpha value is -2.33. The van der Waals surface area contributed by atoms with Gasteiger partial charge in [-0.2, -0.15) is 0 Å². The van der Waals surface area contributed by atoms with E-state index >= 15 is 0 Å². The molecule has 0 fully saturated rings. The second kappa shape index (κ2) is 5.33. The summed E-state index contributed by atoms with van der Waals surface area (Å²) < 4.78 is 5.59. The molecule has 0 saturated heterocycles. The summed E-state index contributed by atoms with van der Waals surface area (Å²) in [5.74, 6) is 0.439. The maximum Gasteiger partial charge on any atom is 0.250 e. The largest absolute Gasteiger partial charge is 0.457 e. The number of hydrogen-bond acceptors (Lipinski definition) is 3. The predicted octanol–water partition coefficient (Wildman–Crippen LogP) is 2.00. The summed E-state index contributed by atoms with van der Waals surface area (Å²) in [6.45, 7) is 0. The van der Waals surface area contributed by atoms with Gasteiger partial charge < -0.3 is 15.6 Å². The van der Waals surface area contributed by atoms with E-state index in [1.54, 1.807) is 24.3 Å². The van der Waals surface area contributed by atoms with Crippen molar-refractivity contribution >= 4 is 5.91 Å². The zero-order valence-corrected chi connectivity index (χ0v) is 9.61. The first-order chi connectivity index (χ1) is 8.66. The van der Waals surface area contributed by atoms with Gasteiger partial charge in [0.05, 0.1) is 0 Å². The molecule has 1 amide bonds. The molecule has 4 heteroatoms. The van der Waals surface area contributed by atoms with Crippen LogP contribution in [0, 0.1) is 0 Å². The quantitative estimate of drug-likeness (QED) is 0.862. The third-order valence-electron chi connectivity index (χ3n) is 2.42. The van der Waals surface area contributed by atoms with Crippen LogP contribution in [0.5, 0.6) is 11.5 Å². The number of aliphatic hydroxyl groups is 1. The topological polar surface area (TPSA) is 72.6 Å². The van der Waals surface area contributed by atoms with E-state index in [0.717, 1.165) is 0 Å². The number of aliphatic hydroxyl groups excluding tert-OH is 1. The van der Waals surface area contributed by atoms with Crippen molar-refractivity contribution in [1.82, 2.24) is 0 Å². The first-order valence-corrected chi connectivity index (χ1v) is 5.47. The van der Waals surface area contributed by atoms with E-state index in [-0.39, 0.29) is 0 Å². The molecule has 0 unspecified atom stereocenters. The number of amides is 1. The molecule has 2 aromatic rings. The Labute approximate surface area is 105 Å². The lowest BCUT2D eigenvalue weighted by atomic mass is 10.1. The fourth-order valence-corrected chi connectivity index (χ4v) is 1.54. The lowest BCUT2D eigenvalue weighted by Gasteiger charge is -2.10. The van der Waals surface area contributed by atoms with Gasteiger partial charge in [-0.15, -0.1) is 0 Å². The maximum atomic E-state index is 10.9. The molecule has 0 aliphatic rings. The Bertz CT molecular complexity index is 540. The van der Waals surface area contributed by atoms with E-state index in [2.05, 4.69) is 0 Å². The first-order valence-electron chi connectivity index (χ1n) is 5.47. The highest BCUT2D eigenvalue weighted by Crippen LogP contribution is 2.24. The summed E-state index contributed by atoms with van der Waals surface area (Å²) in [6, 6.07) is 15.9. The van der Waals surface area contributed by atoms with Crippen molar-refractivity contribution in [2.24, 2.45) is 5.73 Å². The minimum absolute atomic E-state index is 0.413. The molecule has 0 saturated carbocycles. The average Bonchev–Trinajstić information content (AvgIpc) is 2.39. The summed E-state index contributed by atoms with van der Waals surface area (Å²) in [5, 5.41) is 9.56. The minimum atomic E-state index is -1.32. The lowest BCUT2D eigenvalue weighted by Crippen LogP contribution is -2.20. The van der Waals surface area contributed by atoms with E-state index in [9.17, 15) is 9.90 Å². The molecule has 2 aromatic carbocycles. The molecule has 18 heavy (non-hydrogen) atoms. The average molecular weight is 243 g/mol. The molecule has 0 radical (unpaired) electrons. The summed E-state index contributed by atoms with van der Waals surface area (Å²) in [5.41, 5.74) is 5.45. The zero-order valence-electron chi connectivity index (χ0n) is 9.61. The molecule has 0 spiro atoms. The number of ether oxygens (including phenoxy) is 1. The van der Waals surface area contributed by atoms with Gasteiger partial charge in [-0.05, 0) is 29.8 Å². The van der Waals surface area contributed by atoms with E-state index in [0.29, 0.717) is 17.1 Å². The maximum absolute atomic E-state index is 10.9. The molecule has 0 aromatic heterocycles. The molecule has 1 atom stereocenters. The summed E-state index contributed by atoms with van der Waals surface area (Å²) in [4.78, 5) is 10.9. The third-order valence-corrected chi connectivity index (χ3v) is 2.42. The number of carbonyl (C=O) groups is 1. The van der Waals surface area contributed by atoms with Gasteiger partial charge in [-0.3, -0.25) is 4.79 Å². The van der Waals surface area contributed by atoms with Crippen LogP contribution in [-0.4, -0.2) is 11.0 Å². The van der Waals surface area contributed by atoms with Crippen LogP contribution < -0.4 is 10.5 Å². The normalized spacial score (nSPS) is 11.8. The highest BCUT2D eigenvalue weighted by atomic mass is 16.5. The van der Waals surface area contributed by atoms with Crippen molar-refractivity contribution < 1.29 is 14.6 Å². The van der Waals surface area contributed by atoms with Gasteiger partial charge in [0.25, 0.3) is 5.91 Å². The zero-order chi connectivity index (χ0) is 13.0. The Morgan fingerprint density at radius 2 is 1.72 bits per heavy atom. The molecule has 4 nitrogen and oxygen atoms in total. The molecule has 2 rings (SSSR count). The highest BCUT2D eigenvalue weighted by Gasteiger charge is 2.14. The Balaban J connectivity index is 2.20. The Morgan fingerprint density at radius 3 is 2.39 bits per heavy atom. The van der Waals surface area contributed by atoms with E-state index in [1.807, 2.05) is 30.3 Å². The van der Waals surface area contributed by atoms with Gasteiger partial charge in [0.15, 0.2) is 6.10 Å².